The van der Waals surface area contributed by atoms with Crippen LogP contribution in [0.1, 0.15) is 20.3 Å². The van der Waals surface area contributed by atoms with Gasteiger partial charge >= 0.3 is 0 Å². The number of carbonyl (C=O) groups excluding carboxylic acids is 1. The molecule has 0 fully saturated rings. The van der Waals surface area contributed by atoms with Gasteiger partial charge < -0.3 is 16.3 Å². The van der Waals surface area contributed by atoms with Gasteiger partial charge in [0.2, 0.25) is 5.91 Å². The summed E-state index contributed by atoms with van der Waals surface area (Å²) in [7, 11) is 0. The zero-order valence-electron chi connectivity index (χ0n) is 12.1. The van der Waals surface area contributed by atoms with Crippen molar-refractivity contribution in [3.05, 3.63) is 42.5 Å². The number of hydrogen-bond acceptors (Lipinski definition) is 3. The van der Waals surface area contributed by atoms with Crippen LogP contribution in [-0.4, -0.2) is 17.0 Å². The van der Waals surface area contributed by atoms with Gasteiger partial charge in [-0.05, 0) is 36.2 Å². The molecule has 0 spiro atoms. The molecule has 0 heterocycles. The number of amides is 1. The van der Waals surface area contributed by atoms with E-state index in [1.165, 1.54) is 0 Å². The maximum absolute atomic E-state index is 12.4. The van der Waals surface area contributed by atoms with Crippen molar-refractivity contribution in [2.45, 2.75) is 20.3 Å². The number of carbonyl (C=O) groups is 1. The first-order chi connectivity index (χ1) is 10.0. The van der Waals surface area contributed by atoms with Crippen molar-refractivity contribution >= 4 is 28.2 Å². The van der Waals surface area contributed by atoms with Gasteiger partial charge in [0.1, 0.15) is 5.41 Å². The van der Waals surface area contributed by atoms with Crippen LogP contribution < -0.4 is 11.1 Å². The maximum atomic E-state index is 12.4. The van der Waals surface area contributed by atoms with E-state index < -0.39 is 5.41 Å². The van der Waals surface area contributed by atoms with Gasteiger partial charge in [0.05, 0.1) is 0 Å². The third-order valence-electron chi connectivity index (χ3n) is 3.89. The Morgan fingerprint density at radius 1 is 1.29 bits per heavy atom. The first-order valence-corrected chi connectivity index (χ1v) is 6.79. The summed E-state index contributed by atoms with van der Waals surface area (Å²) < 4.78 is 0. The third kappa shape index (κ3) is 2.81. The molecule has 1 amide bonds. The van der Waals surface area contributed by atoms with E-state index in [0.717, 1.165) is 10.8 Å². The van der Waals surface area contributed by atoms with Crippen LogP contribution in [0.3, 0.4) is 0 Å². The Morgan fingerprint density at radius 2 is 1.95 bits per heavy atom. The SMILES string of the molecule is CCC(C)(C(=O)Nc1ccc2ccccc2c1)/C(N)=N/O. The Kier molecular flexibility index (Phi) is 4.12. The van der Waals surface area contributed by atoms with Gasteiger partial charge in [-0.3, -0.25) is 4.79 Å². The summed E-state index contributed by atoms with van der Waals surface area (Å²) in [5.41, 5.74) is 5.29. The predicted molar refractivity (Wildman–Crippen MR) is 84.4 cm³/mol. The number of rotatable bonds is 4. The van der Waals surface area contributed by atoms with Gasteiger partial charge in [-0.25, -0.2) is 0 Å². The maximum Gasteiger partial charge on any atom is 0.238 e. The van der Waals surface area contributed by atoms with E-state index in [0.29, 0.717) is 12.1 Å². The van der Waals surface area contributed by atoms with Crippen LogP contribution in [0.25, 0.3) is 10.8 Å². The second kappa shape index (κ2) is 5.83. The fraction of sp³-hybridized carbons (Fsp3) is 0.250. The van der Waals surface area contributed by atoms with Crippen molar-refractivity contribution < 1.29 is 10.0 Å². The number of anilines is 1. The molecule has 0 radical (unpaired) electrons. The largest absolute Gasteiger partial charge is 0.409 e. The van der Waals surface area contributed by atoms with Crippen molar-refractivity contribution in [2.24, 2.45) is 16.3 Å². The first-order valence-electron chi connectivity index (χ1n) is 6.79. The lowest BCUT2D eigenvalue weighted by Gasteiger charge is -2.25. The number of nitrogens with two attached hydrogens (primary N) is 1. The van der Waals surface area contributed by atoms with Crippen LogP contribution in [0.2, 0.25) is 0 Å². The smallest absolute Gasteiger partial charge is 0.238 e. The summed E-state index contributed by atoms with van der Waals surface area (Å²) in [4.78, 5) is 12.4. The van der Waals surface area contributed by atoms with Crippen LogP contribution in [-0.2, 0) is 4.79 Å². The molecule has 5 heteroatoms. The molecule has 0 aliphatic rings. The van der Waals surface area contributed by atoms with E-state index in [-0.39, 0.29) is 11.7 Å². The van der Waals surface area contributed by atoms with Gasteiger partial charge in [-0.15, -0.1) is 0 Å². The Bertz CT molecular complexity index is 697. The Balaban J connectivity index is 2.28. The van der Waals surface area contributed by atoms with Gasteiger partial charge in [0.15, 0.2) is 5.84 Å². The molecular weight excluding hydrogens is 266 g/mol. The lowest BCUT2D eigenvalue weighted by Crippen LogP contribution is -2.44. The molecule has 1 unspecified atom stereocenters. The van der Waals surface area contributed by atoms with Gasteiger partial charge in [0, 0.05) is 5.69 Å². The van der Waals surface area contributed by atoms with E-state index in [1.54, 1.807) is 6.92 Å². The van der Waals surface area contributed by atoms with Gasteiger partial charge in [0.25, 0.3) is 0 Å². The lowest BCUT2D eigenvalue weighted by molar-refractivity contribution is -0.121. The molecule has 1 atom stereocenters. The minimum atomic E-state index is -1.04. The lowest BCUT2D eigenvalue weighted by atomic mass is 9.85. The van der Waals surface area contributed by atoms with Gasteiger partial charge in [-0.2, -0.15) is 0 Å². The zero-order valence-corrected chi connectivity index (χ0v) is 12.1. The topological polar surface area (TPSA) is 87.7 Å². The molecule has 0 aliphatic heterocycles. The second-order valence-electron chi connectivity index (χ2n) is 5.19. The van der Waals surface area contributed by atoms with Crippen molar-refractivity contribution in [2.75, 3.05) is 5.32 Å². The van der Waals surface area contributed by atoms with Crippen LogP contribution in [0.15, 0.2) is 47.6 Å². The molecule has 110 valence electrons. The molecule has 0 saturated heterocycles. The number of fused-ring (bicyclic) bond motifs is 1. The summed E-state index contributed by atoms with van der Waals surface area (Å²) in [6.45, 7) is 3.47. The summed E-state index contributed by atoms with van der Waals surface area (Å²) in [6, 6.07) is 13.6. The van der Waals surface area contributed by atoms with Crippen LogP contribution in [0.4, 0.5) is 5.69 Å². The number of oxime groups is 1. The highest BCUT2D eigenvalue weighted by molar-refractivity contribution is 6.11. The van der Waals surface area contributed by atoms with Crippen LogP contribution >= 0.6 is 0 Å². The van der Waals surface area contributed by atoms with Crippen molar-refractivity contribution in [1.29, 1.82) is 0 Å². The molecule has 2 aromatic rings. The standard InChI is InChI=1S/C16H19N3O2/c1-3-16(2,14(17)19-21)15(20)18-13-9-8-11-6-4-5-7-12(11)10-13/h4-10,21H,3H2,1-2H3,(H2,17,19)(H,18,20). The fourth-order valence-electron chi connectivity index (χ4n) is 2.10. The highest BCUT2D eigenvalue weighted by Crippen LogP contribution is 2.25. The quantitative estimate of drug-likeness (QED) is 0.349. The first kappa shape index (κ1) is 14.8. The fourth-order valence-corrected chi connectivity index (χ4v) is 2.10. The Hall–Kier alpha value is -2.56. The van der Waals surface area contributed by atoms with Crippen LogP contribution in [0, 0.1) is 5.41 Å². The molecule has 4 N–H and O–H groups in total. The predicted octanol–water partition coefficient (Wildman–Crippen LogP) is 2.94. The number of nitrogens with one attached hydrogen (secondary N) is 1. The van der Waals surface area contributed by atoms with Crippen molar-refractivity contribution in [3.8, 4) is 0 Å². The number of nitrogens with zero attached hydrogens (tertiary/aromatic N) is 1. The summed E-state index contributed by atoms with van der Waals surface area (Å²) in [6.07, 6.45) is 0.433. The minimum absolute atomic E-state index is 0.0942. The summed E-state index contributed by atoms with van der Waals surface area (Å²) >= 11 is 0. The molecule has 0 aromatic heterocycles. The average Bonchev–Trinajstić information content (AvgIpc) is 2.53. The summed E-state index contributed by atoms with van der Waals surface area (Å²) in [5.74, 6) is -0.390. The molecule has 2 rings (SSSR count). The number of amidine groups is 1. The molecule has 5 nitrogen and oxygen atoms in total. The third-order valence-corrected chi connectivity index (χ3v) is 3.89. The molecular formula is C16H19N3O2. The number of hydrogen-bond donors (Lipinski definition) is 3. The molecule has 0 bridgehead atoms. The van der Waals surface area contributed by atoms with Crippen LogP contribution in [0.5, 0.6) is 0 Å². The normalized spacial score (nSPS) is 14.7. The van der Waals surface area contributed by atoms with E-state index in [4.69, 9.17) is 10.9 Å². The van der Waals surface area contributed by atoms with E-state index >= 15 is 0 Å². The molecule has 0 saturated carbocycles. The summed E-state index contributed by atoms with van der Waals surface area (Å²) in [5, 5.41) is 16.8. The number of benzene rings is 2. The molecule has 21 heavy (non-hydrogen) atoms. The minimum Gasteiger partial charge on any atom is -0.409 e. The van der Waals surface area contributed by atoms with E-state index in [2.05, 4.69) is 10.5 Å². The molecule has 0 aliphatic carbocycles. The highest BCUT2D eigenvalue weighted by atomic mass is 16.4. The Labute approximate surface area is 123 Å². The Morgan fingerprint density at radius 3 is 2.57 bits per heavy atom. The van der Waals surface area contributed by atoms with E-state index in [9.17, 15) is 4.79 Å². The van der Waals surface area contributed by atoms with E-state index in [1.807, 2.05) is 49.4 Å². The van der Waals surface area contributed by atoms with Crippen molar-refractivity contribution in [1.82, 2.24) is 0 Å². The second-order valence-corrected chi connectivity index (χ2v) is 5.19. The zero-order chi connectivity index (χ0) is 15.5. The van der Waals surface area contributed by atoms with Crippen molar-refractivity contribution in [3.63, 3.8) is 0 Å². The van der Waals surface area contributed by atoms with Gasteiger partial charge in [-0.1, -0.05) is 42.4 Å². The highest BCUT2D eigenvalue weighted by Gasteiger charge is 2.36. The molecule has 2 aromatic carbocycles. The average molecular weight is 285 g/mol. The monoisotopic (exact) mass is 285 g/mol.